The van der Waals surface area contributed by atoms with Gasteiger partial charge in [0.1, 0.15) is 21.7 Å². The Labute approximate surface area is 149 Å². The smallest absolute Gasteiger partial charge is 0.266 e. The maximum Gasteiger partial charge on any atom is 0.266 e. The fourth-order valence-electron chi connectivity index (χ4n) is 2.40. The zero-order valence-corrected chi connectivity index (χ0v) is 14.9. The number of carbonyl (C=O) groups is 1. The molecule has 1 saturated heterocycles. The third-order valence-electron chi connectivity index (χ3n) is 3.86. The summed E-state index contributed by atoms with van der Waals surface area (Å²) >= 11 is 6.58. The number of rotatable bonds is 4. The molecule has 1 fully saturated rings. The molecule has 1 unspecified atom stereocenters. The molecule has 1 aromatic heterocycles. The topological polar surface area (TPSA) is 33.5 Å². The van der Waals surface area contributed by atoms with Crippen LogP contribution in [0.2, 0.25) is 0 Å². The standard InChI is InChI=1S/C18H16FNO2S2/c1-3-11(2)20-17(21)16(24-18(20)23)10-14-7-8-15(22-14)12-5-4-6-13(19)9-12/h4-11H,3H2,1-2H3/b16-10+. The molecular weight excluding hydrogens is 345 g/mol. The van der Waals surface area contributed by atoms with Crippen LogP contribution in [0.4, 0.5) is 4.39 Å². The van der Waals surface area contributed by atoms with Crippen molar-refractivity contribution >= 4 is 40.3 Å². The summed E-state index contributed by atoms with van der Waals surface area (Å²) < 4.78 is 19.6. The summed E-state index contributed by atoms with van der Waals surface area (Å²) in [6.07, 6.45) is 2.52. The van der Waals surface area contributed by atoms with Gasteiger partial charge in [-0.2, -0.15) is 0 Å². The number of benzene rings is 1. The van der Waals surface area contributed by atoms with E-state index >= 15 is 0 Å². The summed E-state index contributed by atoms with van der Waals surface area (Å²) in [5, 5.41) is 0. The lowest BCUT2D eigenvalue weighted by Crippen LogP contribution is -2.36. The molecule has 24 heavy (non-hydrogen) atoms. The molecule has 1 amide bonds. The van der Waals surface area contributed by atoms with Gasteiger partial charge in [0, 0.05) is 17.7 Å². The van der Waals surface area contributed by atoms with Gasteiger partial charge in [-0.05, 0) is 37.6 Å². The first-order valence-electron chi connectivity index (χ1n) is 7.62. The number of thioether (sulfide) groups is 1. The van der Waals surface area contributed by atoms with Crippen molar-refractivity contribution in [2.24, 2.45) is 0 Å². The highest BCUT2D eigenvalue weighted by atomic mass is 32.2. The molecule has 0 saturated carbocycles. The molecule has 1 aliphatic rings. The maximum atomic E-state index is 13.3. The van der Waals surface area contributed by atoms with Crippen LogP contribution in [-0.4, -0.2) is 21.2 Å². The van der Waals surface area contributed by atoms with Gasteiger partial charge in [-0.1, -0.05) is 43.0 Å². The minimum atomic E-state index is -0.320. The first kappa shape index (κ1) is 16.9. The van der Waals surface area contributed by atoms with Crippen LogP contribution in [0.15, 0.2) is 45.7 Å². The van der Waals surface area contributed by atoms with Crippen molar-refractivity contribution < 1.29 is 13.6 Å². The highest BCUT2D eigenvalue weighted by molar-refractivity contribution is 8.26. The third-order valence-corrected chi connectivity index (χ3v) is 5.19. The number of hydrogen-bond donors (Lipinski definition) is 0. The van der Waals surface area contributed by atoms with Crippen LogP contribution < -0.4 is 0 Å². The Morgan fingerprint density at radius 3 is 2.88 bits per heavy atom. The first-order chi connectivity index (χ1) is 11.5. The summed E-state index contributed by atoms with van der Waals surface area (Å²) in [7, 11) is 0. The maximum absolute atomic E-state index is 13.3. The summed E-state index contributed by atoms with van der Waals surface area (Å²) in [5.74, 6) is 0.681. The van der Waals surface area contributed by atoms with Crippen molar-refractivity contribution in [3.05, 3.63) is 52.9 Å². The van der Waals surface area contributed by atoms with Gasteiger partial charge in [0.05, 0.1) is 4.91 Å². The quantitative estimate of drug-likeness (QED) is 0.561. The monoisotopic (exact) mass is 361 g/mol. The van der Waals surface area contributed by atoms with Crippen LogP contribution in [0.1, 0.15) is 26.0 Å². The van der Waals surface area contributed by atoms with Crippen molar-refractivity contribution in [3.63, 3.8) is 0 Å². The molecular formula is C18H16FNO2S2. The summed E-state index contributed by atoms with van der Waals surface area (Å²) in [6, 6.07) is 9.78. The van der Waals surface area contributed by atoms with E-state index in [1.807, 2.05) is 13.8 Å². The average Bonchev–Trinajstić information content (AvgIpc) is 3.12. The van der Waals surface area contributed by atoms with Crippen molar-refractivity contribution in [1.82, 2.24) is 4.90 Å². The van der Waals surface area contributed by atoms with E-state index in [-0.39, 0.29) is 17.8 Å². The molecule has 0 aliphatic carbocycles. The fraction of sp³-hybridized carbons (Fsp3) is 0.222. The Morgan fingerprint density at radius 2 is 2.17 bits per heavy atom. The molecule has 3 nitrogen and oxygen atoms in total. The summed E-state index contributed by atoms with van der Waals surface area (Å²) in [4.78, 5) is 14.7. The molecule has 0 N–H and O–H groups in total. The molecule has 0 radical (unpaired) electrons. The molecule has 1 atom stereocenters. The summed E-state index contributed by atoms with van der Waals surface area (Å²) in [5.41, 5.74) is 0.654. The molecule has 2 aromatic rings. The third kappa shape index (κ3) is 3.30. The Hall–Kier alpha value is -1.92. The average molecular weight is 361 g/mol. The van der Waals surface area contributed by atoms with Crippen molar-refractivity contribution in [2.75, 3.05) is 0 Å². The number of carbonyl (C=O) groups excluding carboxylic acids is 1. The molecule has 0 bridgehead atoms. The van der Waals surface area contributed by atoms with Crippen molar-refractivity contribution in [1.29, 1.82) is 0 Å². The van der Waals surface area contributed by atoms with E-state index in [0.717, 1.165) is 6.42 Å². The van der Waals surface area contributed by atoms with Crippen LogP contribution in [0, 0.1) is 5.82 Å². The Morgan fingerprint density at radius 1 is 1.38 bits per heavy atom. The normalized spacial score (nSPS) is 17.8. The first-order valence-corrected chi connectivity index (χ1v) is 8.85. The Bertz CT molecular complexity index is 828. The highest BCUT2D eigenvalue weighted by Crippen LogP contribution is 2.35. The van der Waals surface area contributed by atoms with E-state index in [4.69, 9.17) is 16.6 Å². The van der Waals surface area contributed by atoms with Gasteiger partial charge in [0.15, 0.2) is 0 Å². The fourth-order valence-corrected chi connectivity index (χ4v) is 3.84. The van der Waals surface area contributed by atoms with Crippen molar-refractivity contribution in [2.45, 2.75) is 26.3 Å². The largest absolute Gasteiger partial charge is 0.457 e. The number of thiocarbonyl (C=S) groups is 1. The number of nitrogens with zero attached hydrogens (tertiary/aromatic N) is 1. The highest BCUT2D eigenvalue weighted by Gasteiger charge is 2.34. The van der Waals surface area contributed by atoms with E-state index in [1.165, 1.54) is 23.9 Å². The number of hydrogen-bond acceptors (Lipinski definition) is 4. The molecule has 0 spiro atoms. The lowest BCUT2D eigenvalue weighted by atomic mass is 10.2. The van der Waals surface area contributed by atoms with Gasteiger partial charge in [0.25, 0.3) is 5.91 Å². The Kier molecular flexibility index (Phi) is 4.87. The molecule has 3 rings (SSSR count). The predicted molar refractivity (Wildman–Crippen MR) is 98.9 cm³/mol. The summed E-state index contributed by atoms with van der Waals surface area (Å²) in [6.45, 7) is 3.99. The second-order valence-electron chi connectivity index (χ2n) is 5.52. The van der Waals surface area contributed by atoms with Crippen LogP contribution in [0.25, 0.3) is 17.4 Å². The van der Waals surface area contributed by atoms with Gasteiger partial charge in [-0.3, -0.25) is 9.69 Å². The van der Waals surface area contributed by atoms with Gasteiger partial charge >= 0.3 is 0 Å². The van der Waals surface area contributed by atoms with Gasteiger partial charge < -0.3 is 4.42 Å². The van der Waals surface area contributed by atoms with E-state index in [0.29, 0.717) is 26.3 Å². The second-order valence-corrected chi connectivity index (χ2v) is 7.20. The van der Waals surface area contributed by atoms with Gasteiger partial charge in [0.2, 0.25) is 0 Å². The zero-order chi connectivity index (χ0) is 17.3. The lowest BCUT2D eigenvalue weighted by Gasteiger charge is -2.21. The van der Waals surface area contributed by atoms with Crippen LogP contribution in [-0.2, 0) is 4.79 Å². The molecule has 1 aromatic carbocycles. The molecule has 2 heterocycles. The zero-order valence-electron chi connectivity index (χ0n) is 13.3. The van der Waals surface area contributed by atoms with E-state index in [2.05, 4.69) is 0 Å². The second kappa shape index (κ2) is 6.91. The van der Waals surface area contributed by atoms with Gasteiger partial charge in [-0.15, -0.1) is 0 Å². The van der Waals surface area contributed by atoms with E-state index < -0.39 is 0 Å². The molecule has 124 valence electrons. The lowest BCUT2D eigenvalue weighted by molar-refractivity contribution is -0.123. The van der Waals surface area contributed by atoms with Crippen LogP contribution >= 0.6 is 24.0 Å². The number of halogens is 1. The SMILES string of the molecule is CCC(C)N1C(=O)/C(=C\c2ccc(-c3cccc(F)c3)o2)SC1=S. The van der Waals surface area contributed by atoms with E-state index in [1.54, 1.807) is 35.2 Å². The van der Waals surface area contributed by atoms with Crippen LogP contribution in [0.5, 0.6) is 0 Å². The number of furan rings is 1. The van der Waals surface area contributed by atoms with E-state index in [9.17, 15) is 9.18 Å². The Balaban J connectivity index is 1.85. The molecule has 6 heteroatoms. The molecule has 1 aliphatic heterocycles. The minimum absolute atomic E-state index is 0.0721. The van der Waals surface area contributed by atoms with Crippen LogP contribution in [0.3, 0.4) is 0 Å². The van der Waals surface area contributed by atoms with Gasteiger partial charge in [-0.25, -0.2) is 4.39 Å². The predicted octanol–water partition coefficient (Wildman–Crippen LogP) is 5.09. The van der Waals surface area contributed by atoms with Crippen molar-refractivity contribution in [3.8, 4) is 11.3 Å². The number of amides is 1. The minimum Gasteiger partial charge on any atom is -0.457 e.